The van der Waals surface area contributed by atoms with E-state index in [0.717, 1.165) is 11.3 Å². The van der Waals surface area contributed by atoms with Crippen molar-refractivity contribution in [2.75, 3.05) is 43.5 Å². The van der Waals surface area contributed by atoms with E-state index in [1.807, 2.05) is 31.2 Å². The van der Waals surface area contributed by atoms with Gasteiger partial charge in [0.2, 0.25) is 5.91 Å². The van der Waals surface area contributed by atoms with E-state index in [0.29, 0.717) is 36.6 Å². The van der Waals surface area contributed by atoms with E-state index in [4.69, 9.17) is 14.2 Å². The number of hydrogen-bond acceptors (Lipinski definition) is 8. The zero-order valence-electron chi connectivity index (χ0n) is 21.9. The lowest BCUT2D eigenvalue weighted by Crippen LogP contribution is -2.34. The molecule has 11 heteroatoms. The van der Waals surface area contributed by atoms with Crippen LogP contribution in [0.1, 0.15) is 17.5 Å². The van der Waals surface area contributed by atoms with Crippen LogP contribution >= 0.6 is 0 Å². The summed E-state index contributed by atoms with van der Waals surface area (Å²) in [7, 11) is -2.29. The number of aryl methyl sites for hydroxylation is 1. The van der Waals surface area contributed by atoms with E-state index < -0.39 is 16.1 Å². The summed E-state index contributed by atoms with van der Waals surface area (Å²) in [6, 6.07) is 17.0. The highest BCUT2D eigenvalue weighted by Gasteiger charge is 2.25. The van der Waals surface area contributed by atoms with Crippen molar-refractivity contribution in [1.29, 1.82) is 0 Å². The van der Waals surface area contributed by atoms with Crippen LogP contribution in [0.2, 0.25) is 0 Å². The number of nitrogens with one attached hydrogen (secondary N) is 3. The number of sulfonamides is 1. The van der Waals surface area contributed by atoms with Crippen molar-refractivity contribution in [3.8, 4) is 17.2 Å². The second kappa shape index (κ2) is 12.8. The third-order valence-electron chi connectivity index (χ3n) is 6.12. The zero-order valence-corrected chi connectivity index (χ0v) is 22.7. The van der Waals surface area contributed by atoms with Gasteiger partial charge in [0.25, 0.3) is 10.0 Å². The van der Waals surface area contributed by atoms with Gasteiger partial charge in [-0.2, -0.15) is 0 Å². The normalized spacial score (nSPS) is 13.7. The number of anilines is 2. The third-order valence-corrected chi connectivity index (χ3v) is 7.50. The van der Waals surface area contributed by atoms with Crippen LogP contribution in [0.4, 0.5) is 11.4 Å². The van der Waals surface area contributed by atoms with Gasteiger partial charge in [0.15, 0.2) is 0 Å². The fourth-order valence-corrected chi connectivity index (χ4v) is 5.09. The highest BCUT2D eigenvalue weighted by Crippen LogP contribution is 2.38. The summed E-state index contributed by atoms with van der Waals surface area (Å²) in [5.74, 6) is 1.62. The Morgan fingerprint density at radius 3 is 2.41 bits per heavy atom. The van der Waals surface area contributed by atoms with E-state index in [1.54, 1.807) is 31.4 Å². The molecule has 1 amide bonds. The van der Waals surface area contributed by atoms with Crippen molar-refractivity contribution >= 4 is 27.3 Å². The molecule has 0 saturated heterocycles. The number of methoxy groups -OCH3 is 1. The SMILES string of the molecule is COc1ccc(OCCNCC(O)COc2c(NS(=O)(=O)c3ccc(C)cc3)ccc3c2CCC(=O)N3)cc1. The van der Waals surface area contributed by atoms with Crippen LogP contribution in [0.5, 0.6) is 17.2 Å². The Balaban J connectivity index is 1.36. The quantitative estimate of drug-likeness (QED) is 0.236. The molecule has 1 atom stereocenters. The summed E-state index contributed by atoms with van der Waals surface area (Å²) in [4.78, 5) is 12.0. The molecule has 0 fully saturated rings. The number of hydrogen-bond donors (Lipinski definition) is 4. The first kappa shape index (κ1) is 28.2. The summed E-state index contributed by atoms with van der Waals surface area (Å²) in [5.41, 5.74) is 2.41. The number of benzene rings is 3. The summed E-state index contributed by atoms with van der Waals surface area (Å²) < 4.78 is 45.5. The average molecular weight is 556 g/mol. The maximum absolute atomic E-state index is 13.0. The smallest absolute Gasteiger partial charge is 0.262 e. The van der Waals surface area contributed by atoms with Crippen LogP contribution < -0.4 is 29.6 Å². The molecule has 0 aliphatic carbocycles. The van der Waals surface area contributed by atoms with Crippen LogP contribution in [0.15, 0.2) is 65.6 Å². The second-order valence-electron chi connectivity index (χ2n) is 9.13. The lowest BCUT2D eigenvalue weighted by Gasteiger charge is -2.24. The molecule has 39 heavy (non-hydrogen) atoms. The molecule has 0 bridgehead atoms. The van der Waals surface area contributed by atoms with E-state index in [-0.39, 0.29) is 41.8 Å². The molecule has 1 unspecified atom stereocenters. The largest absolute Gasteiger partial charge is 0.497 e. The minimum Gasteiger partial charge on any atom is -0.497 e. The minimum atomic E-state index is -3.89. The Hall–Kier alpha value is -3.80. The molecule has 1 aliphatic rings. The molecule has 0 saturated carbocycles. The first-order valence-corrected chi connectivity index (χ1v) is 14.1. The number of fused-ring (bicyclic) bond motifs is 1. The van der Waals surface area contributed by atoms with E-state index >= 15 is 0 Å². The Morgan fingerprint density at radius 1 is 0.974 bits per heavy atom. The first-order chi connectivity index (χ1) is 18.7. The van der Waals surface area contributed by atoms with Crippen LogP contribution in [0.25, 0.3) is 0 Å². The van der Waals surface area contributed by atoms with Gasteiger partial charge in [-0.3, -0.25) is 9.52 Å². The van der Waals surface area contributed by atoms with Crippen molar-refractivity contribution in [1.82, 2.24) is 5.32 Å². The summed E-state index contributed by atoms with van der Waals surface area (Å²) >= 11 is 0. The molecular formula is C28H33N3O7S. The molecule has 0 spiro atoms. The van der Waals surface area contributed by atoms with Gasteiger partial charge in [0, 0.05) is 30.8 Å². The predicted octanol–water partition coefficient (Wildman–Crippen LogP) is 3.10. The van der Waals surface area contributed by atoms with E-state index in [1.165, 1.54) is 12.1 Å². The van der Waals surface area contributed by atoms with Crippen molar-refractivity contribution in [3.63, 3.8) is 0 Å². The molecular weight excluding hydrogens is 522 g/mol. The second-order valence-corrected chi connectivity index (χ2v) is 10.8. The van der Waals surface area contributed by atoms with Gasteiger partial charge in [-0.05, 0) is 61.9 Å². The lowest BCUT2D eigenvalue weighted by molar-refractivity contribution is -0.116. The molecule has 0 radical (unpaired) electrons. The monoisotopic (exact) mass is 555 g/mol. The maximum Gasteiger partial charge on any atom is 0.262 e. The molecule has 0 aromatic heterocycles. The van der Waals surface area contributed by atoms with Gasteiger partial charge in [0.1, 0.15) is 36.6 Å². The Kier molecular flexibility index (Phi) is 9.28. The number of aliphatic hydroxyl groups excluding tert-OH is 1. The molecule has 208 valence electrons. The van der Waals surface area contributed by atoms with Gasteiger partial charge >= 0.3 is 0 Å². The van der Waals surface area contributed by atoms with Gasteiger partial charge in [-0.25, -0.2) is 8.42 Å². The maximum atomic E-state index is 13.0. The van der Waals surface area contributed by atoms with E-state index in [2.05, 4.69) is 15.4 Å². The highest BCUT2D eigenvalue weighted by atomic mass is 32.2. The Bertz CT molecular complexity index is 1380. The highest BCUT2D eigenvalue weighted by molar-refractivity contribution is 7.92. The van der Waals surface area contributed by atoms with Gasteiger partial charge in [-0.1, -0.05) is 17.7 Å². The Labute approximate surface area is 228 Å². The van der Waals surface area contributed by atoms with Gasteiger partial charge < -0.3 is 30.0 Å². The standard InChI is InChI=1S/C28H33N3O7S/c1-19-3-9-23(10-4-19)39(34,35)31-26-13-12-25-24(11-14-27(33)30-25)28(26)38-18-20(32)17-29-15-16-37-22-7-5-21(36-2)6-8-22/h3-10,12-13,20,29,31-32H,11,14-18H2,1-2H3,(H,30,33). The Morgan fingerprint density at radius 2 is 1.69 bits per heavy atom. The topological polar surface area (TPSA) is 135 Å². The van der Waals surface area contributed by atoms with Crippen LogP contribution in [0.3, 0.4) is 0 Å². The van der Waals surface area contributed by atoms with Crippen LogP contribution in [-0.4, -0.2) is 58.9 Å². The first-order valence-electron chi connectivity index (χ1n) is 12.6. The molecule has 4 N–H and O–H groups in total. The summed E-state index contributed by atoms with van der Waals surface area (Å²) in [6.45, 7) is 2.92. The van der Waals surface area contributed by atoms with Crippen LogP contribution in [0, 0.1) is 6.92 Å². The van der Waals surface area contributed by atoms with Gasteiger partial charge in [0.05, 0.1) is 17.7 Å². The van der Waals surface area contributed by atoms with Crippen molar-refractivity contribution in [2.45, 2.75) is 30.8 Å². The van der Waals surface area contributed by atoms with Crippen molar-refractivity contribution in [2.24, 2.45) is 0 Å². The summed E-state index contributed by atoms with van der Waals surface area (Å²) in [5, 5.41) is 16.4. The van der Waals surface area contributed by atoms with E-state index in [9.17, 15) is 18.3 Å². The molecule has 10 nitrogen and oxygen atoms in total. The number of rotatable bonds is 13. The van der Waals surface area contributed by atoms with Crippen molar-refractivity contribution in [3.05, 3.63) is 71.8 Å². The van der Waals surface area contributed by atoms with Crippen LogP contribution in [-0.2, 0) is 21.2 Å². The minimum absolute atomic E-state index is 0.0873. The fourth-order valence-electron chi connectivity index (χ4n) is 4.03. The van der Waals surface area contributed by atoms with Gasteiger partial charge in [-0.15, -0.1) is 0 Å². The molecule has 3 aromatic rings. The van der Waals surface area contributed by atoms with Crippen molar-refractivity contribution < 1.29 is 32.5 Å². The molecule has 1 aliphatic heterocycles. The zero-order chi connectivity index (χ0) is 27.8. The molecule has 1 heterocycles. The number of carbonyl (C=O) groups excluding carboxylic acids is 1. The molecule has 3 aromatic carbocycles. The lowest BCUT2D eigenvalue weighted by atomic mass is 10.0. The average Bonchev–Trinajstić information content (AvgIpc) is 2.92. The number of amides is 1. The number of ether oxygens (including phenoxy) is 3. The number of carbonyl (C=O) groups is 1. The predicted molar refractivity (Wildman–Crippen MR) is 148 cm³/mol. The molecule has 4 rings (SSSR count). The summed E-state index contributed by atoms with van der Waals surface area (Å²) in [6.07, 6.45) is -0.245. The number of aliphatic hydroxyl groups is 1. The third kappa shape index (κ3) is 7.62. The fraction of sp³-hybridized carbons (Fsp3) is 0.321.